The minimum absolute atomic E-state index is 0.138. The van der Waals surface area contributed by atoms with Crippen LogP contribution in [0.15, 0.2) is 71.8 Å². The zero-order chi connectivity index (χ0) is 26.6. The van der Waals surface area contributed by atoms with Crippen molar-refractivity contribution >= 4 is 18.1 Å². The molecule has 3 aromatic carbocycles. The molecule has 7 nitrogen and oxygen atoms in total. The number of hydrogen-bond acceptors (Lipinski definition) is 6. The van der Waals surface area contributed by atoms with Crippen molar-refractivity contribution in [1.82, 2.24) is 5.43 Å². The summed E-state index contributed by atoms with van der Waals surface area (Å²) in [5, 5.41) is 3.97. The van der Waals surface area contributed by atoms with Crippen molar-refractivity contribution in [3.63, 3.8) is 0 Å². The van der Waals surface area contributed by atoms with E-state index < -0.39 is 5.97 Å². The summed E-state index contributed by atoms with van der Waals surface area (Å²) in [5.74, 6) is 1.37. The summed E-state index contributed by atoms with van der Waals surface area (Å²) in [4.78, 5) is 24.5. The minimum atomic E-state index is -0.456. The monoisotopic (exact) mass is 502 g/mol. The molecule has 3 rings (SSSR count). The average Bonchev–Trinajstić information content (AvgIpc) is 2.89. The number of hydrogen-bond donors (Lipinski definition) is 1. The fourth-order valence-corrected chi connectivity index (χ4v) is 3.30. The third-order valence-corrected chi connectivity index (χ3v) is 5.59. The minimum Gasteiger partial charge on any atom is -0.494 e. The van der Waals surface area contributed by atoms with Gasteiger partial charge in [0.25, 0.3) is 5.91 Å². The van der Waals surface area contributed by atoms with Crippen LogP contribution >= 0.6 is 0 Å². The van der Waals surface area contributed by atoms with Crippen LogP contribution < -0.4 is 19.6 Å². The summed E-state index contributed by atoms with van der Waals surface area (Å²) in [6.07, 6.45) is 3.55. The number of carbonyl (C=O) groups excluding carboxylic acids is 2. The molecule has 0 unspecified atom stereocenters. The normalized spacial score (nSPS) is 10.9. The van der Waals surface area contributed by atoms with E-state index in [2.05, 4.69) is 37.4 Å². The van der Waals surface area contributed by atoms with Gasteiger partial charge in [-0.05, 0) is 90.6 Å². The number of rotatable bonds is 12. The van der Waals surface area contributed by atoms with E-state index in [1.54, 1.807) is 48.5 Å². The average molecular weight is 503 g/mol. The van der Waals surface area contributed by atoms with Crippen LogP contribution in [-0.4, -0.2) is 31.3 Å². The van der Waals surface area contributed by atoms with Crippen LogP contribution in [0.25, 0.3) is 0 Å². The number of amides is 1. The summed E-state index contributed by atoms with van der Waals surface area (Å²) in [6, 6.07) is 19.7. The second-order valence-corrected chi connectivity index (χ2v) is 8.95. The van der Waals surface area contributed by atoms with Crippen molar-refractivity contribution in [1.29, 1.82) is 0 Å². The van der Waals surface area contributed by atoms with Gasteiger partial charge in [-0.3, -0.25) is 4.79 Å². The molecule has 0 fully saturated rings. The van der Waals surface area contributed by atoms with Gasteiger partial charge in [-0.25, -0.2) is 10.2 Å². The lowest BCUT2D eigenvalue weighted by atomic mass is 10.0. The number of hydrazone groups is 1. The molecule has 1 amide bonds. The van der Waals surface area contributed by atoms with Gasteiger partial charge in [-0.2, -0.15) is 5.10 Å². The first-order valence-corrected chi connectivity index (χ1v) is 12.5. The van der Waals surface area contributed by atoms with E-state index in [0.717, 1.165) is 35.3 Å². The molecule has 194 valence electrons. The third kappa shape index (κ3) is 8.79. The van der Waals surface area contributed by atoms with Gasteiger partial charge in [0, 0.05) is 0 Å². The van der Waals surface area contributed by atoms with Gasteiger partial charge in [-0.15, -0.1) is 0 Å². The number of benzene rings is 3. The lowest BCUT2D eigenvalue weighted by molar-refractivity contribution is -0.123. The van der Waals surface area contributed by atoms with Gasteiger partial charge < -0.3 is 14.2 Å². The highest BCUT2D eigenvalue weighted by molar-refractivity contribution is 5.91. The first-order valence-electron chi connectivity index (χ1n) is 12.5. The predicted molar refractivity (Wildman–Crippen MR) is 145 cm³/mol. The smallest absolute Gasteiger partial charge is 0.343 e. The van der Waals surface area contributed by atoms with Crippen molar-refractivity contribution in [2.45, 2.75) is 46.5 Å². The molecule has 0 radical (unpaired) electrons. The van der Waals surface area contributed by atoms with Gasteiger partial charge in [0.05, 0.1) is 18.4 Å². The van der Waals surface area contributed by atoms with Crippen LogP contribution in [0.4, 0.5) is 0 Å². The zero-order valence-corrected chi connectivity index (χ0v) is 21.8. The molecule has 0 bridgehead atoms. The largest absolute Gasteiger partial charge is 0.494 e. The highest BCUT2D eigenvalue weighted by Gasteiger charge is 2.10. The molecule has 0 saturated carbocycles. The Bertz CT molecular complexity index is 1200. The fourth-order valence-electron chi connectivity index (χ4n) is 3.30. The van der Waals surface area contributed by atoms with Crippen molar-refractivity contribution in [2.24, 2.45) is 5.10 Å². The first kappa shape index (κ1) is 27.5. The Hall–Kier alpha value is -4.13. The molecule has 3 aromatic rings. The topological polar surface area (TPSA) is 86.2 Å². The number of nitrogens with one attached hydrogen (secondary N) is 1. The summed E-state index contributed by atoms with van der Waals surface area (Å²) in [6.45, 7) is 8.77. The number of unbranched alkanes of at least 4 members (excludes halogenated alkanes) is 1. The molecule has 0 atom stereocenters. The molecule has 0 aliphatic carbocycles. The highest BCUT2D eigenvalue weighted by Crippen LogP contribution is 2.24. The maximum atomic E-state index is 12.4. The lowest BCUT2D eigenvalue weighted by Crippen LogP contribution is -2.24. The Morgan fingerprint density at radius 1 is 0.946 bits per heavy atom. The molecule has 1 N–H and O–H groups in total. The Balaban J connectivity index is 1.45. The molecule has 0 saturated heterocycles. The van der Waals surface area contributed by atoms with Crippen molar-refractivity contribution in [3.8, 4) is 17.2 Å². The highest BCUT2D eigenvalue weighted by atomic mass is 16.5. The standard InChI is InChI=1S/C30H34N2O5/c1-5-6-17-35-26-15-11-24(12-16-26)30(34)37-27-13-8-23(9-14-27)19-31-32-29(33)20-36-28-18-25(21(2)3)10-7-22(28)4/h7-16,18-19,21H,5-6,17,20H2,1-4H3,(H,32,33). The zero-order valence-electron chi connectivity index (χ0n) is 21.8. The van der Waals surface area contributed by atoms with Crippen LogP contribution in [0, 0.1) is 6.92 Å². The molecular formula is C30H34N2O5. The van der Waals surface area contributed by atoms with Gasteiger partial charge in [-0.1, -0.05) is 39.3 Å². The number of ether oxygens (including phenoxy) is 3. The molecule has 37 heavy (non-hydrogen) atoms. The van der Waals surface area contributed by atoms with Crippen LogP contribution in [0.5, 0.6) is 17.2 Å². The van der Waals surface area contributed by atoms with Crippen molar-refractivity contribution < 1.29 is 23.8 Å². The second kappa shape index (κ2) is 13.8. The van der Waals surface area contributed by atoms with Gasteiger partial charge in [0.1, 0.15) is 17.2 Å². The van der Waals surface area contributed by atoms with Gasteiger partial charge in [0.15, 0.2) is 6.61 Å². The van der Waals surface area contributed by atoms with E-state index >= 15 is 0 Å². The molecule has 0 aromatic heterocycles. The van der Waals surface area contributed by atoms with E-state index in [-0.39, 0.29) is 12.5 Å². The molecule has 0 spiro atoms. The molecule has 0 heterocycles. The molecule has 7 heteroatoms. The Morgan fingerprint density at radius 3 is 2.32 bits per heavy atom. The summed E-state index contributed by atoms with van der Waals surface area (Å²) in [5.41, 5.74) is 5.74. The van der Waals surface area contributed by atoms with Crippen molar-refractivity contribution in [2.75, 3.05) is 13.2 Å². The third-order valence-electron chi connectivity index (χ3n) is 5.59. The van der Waals surface area contributed by atoms with E-state index in [9.17, 15) is 9.59 Å². The Kier molecular flexibility index (Phi) is 10.3. The van der Waals surface area contributed by atoms with E-state index in [1.165, 1.54) is 6.21 Å². The fraction of sp³-hybridized carbons (Fsp3) is 0.300. The number of carbonyl (C=O) groups is 2. The van der Waals surface area contributed by atoms with E-state index in [0.29, 0.717) is 29.6 Å². The maximum Gasteiger partial charge on any atom is 0.343 e. The molecular weight excluding hydrogens is 468 g/mol. The first-order chi connectivity index (χ1) is 17.9. The van der Waals surface area contributed by atoms with E-state index in [1.807, 2.05) is 19.1 Å². The van der Waals surface area contributed by atoms with Crippen LogP contribution in [0.1, 0.15) is 66.6 Å². The summed E-state index contributed by atoms with van der Waals surface area (Å²) in [7, 11) is 0. The number of esters is 1. The van der Waals surface area contributed by atoms with Crippen LogP contribution in [0.2, 0.25) is 0 Å². The lowest BCUT2D eigenvalue weighted by Gasteiger charge is -2.12. The predicted octanol–water partition coefficient (Wildman–Crippen LogP) is 6.05. The Morgan fingerprint density at radius 2 is 1.65 bits per heavy atom. The van der Waals surface area contributed by atoms with Crippen molar-refractivity contribution in [3.05, 3.63) is 89.0 Å². The Labute approximate surface area is 218 Å². The summed E-state index contributed by atoms with van der Waals surface area (Å²) < 4.78 is 16.7. The number of nitrogens with zero attached hydrogens (tertiary/aromatic N) is 1. The van der Waals surface area contributed by atoms with Crippen LogP contribution in [0.3, 0.4) is 0 Å². The van der Waals surface area contributed by atoms with Gasteiger partial charge in [0.2, 0.25) is 0 Å². The second-order valence-electron chi connectivity index (χ2n) is 8.95. The summed E-state index contributed by atoms with van der Waals surface area (Å²) >= 11 is 0. The number of aryl methyl sites for hydroxylation is 1. The maximum absolute atomic E-state index is 12.4. The SMILES string of the molecule is CCCCOc1ccc(C(=O)Oc2ccc(C=NNC(=O)COc3cc(C(C)C)ccc3C)cc2)cc1. The quantitative estimate of drug-likeness (QED) is 0.107. The van der Waals surface area contributed by atoms with Crippen LogP contribution in [-0.2, 0) is 4.79 Å². The van der Waals surface area contributed by atoms with Gasteiger partial charge >= 0.3 is 5.97 Å². The molecule has 0 aliphatic rings. The van der Waals surface area contributed by atoms with E-state index in [4.69, 9.17) is 14.2 Å². The molecule has 0 aliphatic heterocycles.